The maximum absolute atomic E-state index is 4.70. The van der Waals surface area contributed by atoms with Crippen LogP contribution in [0.4, 0.5) is 5.95 Å². The first-order valence-electron chi connectivity index (χ1n) is 7.55. The average Bonchev–Trinajstić information content (AvgIpc) is 2.78. The summed E-state index contributed by atoms with van der Waals surface area (Å²) in [5, 5.41) is 3.69. The lowest BCUT2D eigenvalue weighted by atomic mass is 9.96. The predicted molar refractivity (Wildman–Crippen MR) is 85.2 cm³/mol. The van der Waals surface area contributed by atoms with E-state index in [0.29, 0.717) is 12.1 Å². The van der Waals surface area contributed by atoms with E-state index in [2.05, 4.69) is 36.2 Å². The summed E-state index contributed by atoms with van der Waals surface area (Å²) in [5.41, 5.74) is 1.12. The van der Waals surface area contributed by atoms with E-state index >= 15 is 0 Å². The fourth-order valence-electron chi connectivity index (χ4n) is 2.92. The maximum atomic E-state index is 4.70. The summed E-state index contributed by atoms with van der Waals surface area (Å²) in [6, 6.07) is 1.18. The molecule has 1 heterocycles. The van der Waals surface area contributed by atoms with Crippen LogP contribution in [0.25, 0.3) is 0 Å². The van der Waals surface area contributed by atoms with Gasteiger partial charge in [-0.2, -0.15) is 11.8 Å². The van der Waals surface area contributed by atoms with Crippen molar-refractivity contribution < 1.29 is 0 Å². The minimum absolute atomic E-state index is 0.558. The minimum atomic E-state index is 0.558. The first-order valence-corrected chi connectivity index (χ1v) is 8.95. The highest BCUT2D eigenvalue weighted by Gasteiger charge is 2.18. The second kappa shape index (κ2) is 7.22. The Morgan fingerprint density at radius 2 is 2.16 bits per heavy atom. The van der Waals surface area contributed by atoms with Gasteiger partial charge in [-0.1, -0.05) is 26.2 Å². The summed E-state index contributed by atoms with van der Waals surface area (Å²) in [7, 11) is 0. The molecule has 3 nitrogen and oxygen atoms in total. The smallest absolute Gasteiger partial charge is 0.203 e. The zero-order valence-electron chi connectivity index (χ0n) is 12.5. The minimum Gasteiger partial charge on any atom is -0.353 e. The summed E-state index contributed by atoms with van der Waals surface area (Å²) < 4.78 is 2.36. The SMILES string of the molecule is CCC(CSC)n1cc(C)nc1NC1CCCCC1. The molecule has 0 amide bonds. The van der Waals surface area contributed by atoms with Gasteiger partial charge in [-0.3, -0.25) is 0 Å². The second-order valence-electron chi connectivity index (χ2n) is 5.61. The molecule has 1 atom stereocenters. The molecule has 1 fully saturated rings. The van der Waals surface area contributed by atoms with Crippen molar-refractivity contribution >= 4 is 17.7 Å². The van der Waals surface area contributed by atoms with E-state index in [0.717, 1.165) is 23.8 Å². The third kappa shape index (κ3) is 3.91. The summed E-state index contributed by atoms with van der Waals surface area (Å²) in [4.78, 5) is 4.70. The lowest BCUT2D eigenvalue weighted by Gasteiger charge is -2.25. The van der Waals surface area contributed by atoms with E-state index in [4.69, 9.17) is 4.98 Å². The lowest BCUT2D eigenvalue weighted by Crippen LogP contribution is -2.25. The number of imidazole rings is 1. The molecule has 1 aromatic rings. The van der Waals surface area contributed by atoms with E-state index < -0.39 is 0 Å². The molecule has 0 aromatic carbocycles. The van der Waals surface area contributed by atoms with Crippen molar-refractivity contribution in [3.8, 4) is 0 Å². The van der Waals surface area contributed by atoms with E-state index in [-0.39, 0.29) is 0 Å². The van der Waals surface area contributed by atoms with Crippen molar-refractivity contribution in [1.29, 1.82) is 0 Å². The maximum Gasteiger partial charge on any atom is 0.203 e. The predicted octanol–water partition coefficient (Wildman–Crippen LogP) is 4.25. The van der Waals surface area contributed by atoms with Crippen LogP contribution >= 0.6 is 11.8 Å². The zero-order valence-corrected chi connectivity index (χ0v) is 13.3. The Hall–Kier alpha value is -0.640. The molecule has 1 aliphatic rings. The number of aromatic nitrogens is 2. The number of hydrogen-bond donors (Lipinski definition) is 1. The van der Waals surface area contributed by atoms with Gasteiger partial charge < -0.3 is 9.88 Å². The number of hydrogen-bond acceptors (Lipinski definition) is 3. The Balaban J connectivity index is 2.10. The van der Waals surface area contributed by atoms with Crippen molar-refractivity contribution in [2.45, 2.75) is 64.5 Å². The highest BCUT2D eigenvalue weighted by atomic mass is 32.2. The molecule has 0 saturated heterocycles. The van der Waals surface area contributed by atoms with E-state index in [1.807, 2.05) is 11.8 Å². The standard InChI is InChI=1S/C15H27N3S/c1-4-14(11-19-3)18-10-12(2)16-15(18)17-13-8-6-5-7-9-13/h10,13-14H,4-9,11H2,1-3H3,(H,16,17). The van der Waals surface area contributed by atoms with Gasteiger partial charge in [0.2, 0.25) is 5.95 Å². The summed E-state index contributed by atoms with van der Waals surface area (Å²) in [5.74, 6) is 2.25. The Kier molecular flexibility index (Phi) is 5.61. The quantitative estimate of drug-likeness (QED) is 0.845. The number of aryl methyl sites for hydroxylation is 1. The van der Waals surface area contributed by atoms with Crippen LogP contribution in [-0.2, 0) is 0 Å². The molecule has 0 spiro atoms. The van der Waals surface area contributed by atoms with Crippen LogP contribution in [0.3, 0.4) is 0 Å². The summed E-state index contributed by atoms with van der Waals surface area (Å²) in [6.07, 6.45) is 12.3. The van der Waals surface area contributed by atoms with Gasteiger partial charge >= 0.3 is 0 Å². The molecular formula is C15H27N3S. The second-order valence-corrected chi connectivity index (χ2v) is 6.52. The first-order chi connectivity index (χ1) is 9.24. The van der Waals surface area contributed by atoms with Crippen molar-refractivity contribution in [2.75, 3.05) is 17.3 Å². The molecule has 1 N–H and O–H groups in total. The molecule has 4 heteroatoms. The Morgan fingerprint density at radius 3 is 2.79 bits per heavy atom. The Labute approximate surface area is 121 Å². The molecule has 0 aliphatic heterocycles. The van der Waals surface area contributed by atoms with Crippen LogP contribution in [0.1, 0.15) is 57.2 Å². The van der Waals surface area contributed by atoms with Gasteiger partial charge in [0.15, 0.2) is 0 Å². The molecule has 1 aliphatic carbocycles. The normalized spacial score (nSPS) is 18.5. The van der Waals surface area contributed by atoms with E-state index in [1.165, 1.54) is 32.1 Å². The zero-order chi connectivity index (χ0) is 13.7. The van der Waals surface area contributed by atoms with E-state index in [1.54, 1.807) is 0 Å². The van der Waals surface area contributed by atoms with Crippen molar-refractivity contribution in [1.82, 2.24) is 9.55 Å². The highest BCUT2D eigenvalue weighted by molar-refractivity contribution is 7.98. The number of thioether (sulfide) groups is 1. The van der Waals surface area contributed by atoms with Crippen LogP contribution in [0.15, 0.2) is 6.20 Å². The molecule has 1 unspecified atom stereocenters. The molecule has 1 saturated carbocycles. The molecule has 108 valence electrons. The third-order valence-electron chi connectivity index (χ3n) is 4.01. The van der Waals surface area contributed by atoms with Crippen LogP contribution < -0.4 is 5.32 Å². The number of rotatable bonds is 6. The van der Waals surface area contributed by atoms with Crippen LogP contribution in [0.2, 0.25) is 0 Å². The van der Waals surface area contributed by atoms with Crippen molar-refractivity contribution in [2.24, 2.45) is 0 Å². The number of nitrogens with one attached hydrogen (secondary N) is 1. The first kappa shape index (κ1) is 14.8. The Bertz CT molecular complexity index is 383. The molecule has 2 rings (SSSR count). The van der Waals surface area contributed by atoms with Gasteiger partial charge in [0, 0.05) is 24.0 Å². The fourth-order valence-corrected chi connectivity index (χ4v) is 3.70. The van der Waals surface area contributed by atoms with Gasteiger partial charge in [0.1, 0.15) is 0 Å². The van der Waals surface area contributed by atoms with Gasteiger partial charge in [-0.05, 0) is 32.4 Å². The summed E-state index contributed by atoms with van der Waals surface area (Å²) in [6.45, 7) is 4.36. The van der Waals surface area contributed by atoms with Gasteiger partial charge in [0.25, 0.3) is 0 Å². The van der Waals surface area contributed by atoms with Crippen LogP contribution in [0.5, 0.6) is 0 Å². The lowest BCUT2D eigenvalue weighted by molar-refractivity contribution is 0.455. The molecule has 0 bridgehead atoms. The monoisotopic (exact) mass is 281 g/mol. The van der Waals surface area contributed by atoms with Crippen molar-refractivity contribution in [3.05, 3.63) is 11.9 Å². The topological polar surface area (TPSA) is 29.9 Å². The molecular weight excluding hydrogens is 254 g/mol. The van der Waals surface area contributed by atoms with Crippen molar-refractivity contribution in [3.63, 3.8) is 0 Å². The Morgan fingerprint density at radius 1 is 1.42 bits per heavy atom. The van der Waals surface area contributed by atoms with Gasteiger partial charge in [-0.25, -0.2) is 4.98 Å². The van der Waals surface area contributed by atoms with Gasteiger partial charge in [0.05, 0.1) is 5.69 Å². The number of nitrogens with zero attached hydrogens (tertiary/aromatic N) is 2. The van der Waals surface area contributed by atoms with Crippen LogP contribution in [0, 0.1) is 6.92 Å². The highest BCUT2D eigenvalue weighted by Crippen LogP contribution is 2.25. The third-order valence-corrected chi connectivity index (χ3v) is 4.73. The molecule has 1 aromatic heterocycles. The average molecular weight is 281 g/mol. The van der Waals surface area contributed by atoms with Gasteiger partial charge in [-0.15, -0.1) is 0 Å². The van der Waals surface area contributed by atoms with Crippen LogP contribution in [-0.4, -0.2) is 27.6 Å². The summed E-state index contributed by atoms with van der Waals surface area (Å²) >= 11 is 1.92. The molecule has 0 radical (unpaired) electrons. The largest absolute Gasteiger partial charge is 0.353 e. The number of anilines is 1. The fraction of sp³-hybridized carbons (Fsp3) is 0.800. The van der Waals surface area contributed by atoms with E-state index in [9.17, 15) is 0 Å². The molecule has 19 heavy (non-hydrogen) atoms.